The predicted octanol–water partition coefficient (Wildman–Crippen LogP) is 2.73. The standard InChI is InChI=1S/C19H25ClN4O3/c1-11(2)9-23(18(26)13-5-7-14(20)8-6-13)15-16(21)24(10-12(3)4)19(27)22-17(15)25/h5-8,11-12H,9-10,21H2,1-4H3,(H,22,25,27). The van der Waals surface area contributed by atoms with Gasteiger partial charge in [-0.1, -0.05) is 39.3 Å². The van der Waals surface area contributed by atoms with E-state index in [1.54, 1.807) is 24.3 Å². The van der Waals surface area contributed by atoms with Crippen molar-refractivity contribution in [1.82, 2.24) is 9.55 Å². The first kappa shape index (κ1) is 20.8. The van der Waals surface area contributed by atoms with Crippen molar-refractivity contribution in [3.05, 3.63) is 55.7 Å². The van der Waals surface area contributed by atoms with E-state index < -0.39 is 11.2 Å². The number of hydrogen-bond donors (Lipinski definition) is 2. The largest absolute Gasteiger partial charge is 0.383 e. The molecule has 0 unspecified atom stereocenters. The number of H-pyrrole nitrogens is 1. The molecule has 0 radical (unpaired) electrons. The van der Waals surface area contributed by atoms with Crippen LogP contribution in [0.4, 0.5) is 11.5 Å². The van der Waals surface area contributed by atoms with Crippen LogP contribution in [0.25, 0.3) is 0 Å². The van der Waals surface area contributed by atoms with Gasteiger partial charge < -0.3 is 10.6 Å². The molecule has 0 bridgehead atoms. The van der Waals surface area contributed by atoms with Crippen LogP contribution in [0.2, 0.25) is 5.02 Å². The maximum absolute atomic E-state index is 13.1. The molecule has 8 heteroatoms. The molecule has 3 N–H and O–H groups in total. The number of benzene rings is 1. The summed E-state index contributed by atoms with van der Waals surface area (Å²) >= 11 is 5.90. The summed E-state index contributed by atoms with van der Waals surface area (Å²) in [5, 5.41) is 0.504. The Hall–Kier alpha value is -2.54. The normalized spacial score (nSPS) is 11.2. The number of nitrogens with zero attached hydrogens (tertiary/aromatic N) is 2. The molecule has 7 nitrogen and oxygen atoms in total. The highest BCUT2D eigenvalue weighted by molar-refractivity contribution is 6.30. The zero-order chi connectivity index (χ0) is 20.3. The first-order chi connectivity index (χ1) is 12.6. The number of halogens is 1. The molecule has 0 spiro atoms. The van der Waals surface area contributed by atoms with Crippen molar-refractivity contribution in [2.24, 2.45) is 11.8 Å². The molecule has 146 valence electrons. The number of anilines is 2. The molecule has 0 saturated carbocycles. The molecule has 2 aromatic rings. The molecule has 27 heavy (non-hydrogen) atoms. The van der Waals surface area contributed by atoms with E-state index in [1.165, 1.54) is 9.47 Å². The highest BCUT2D eigenvalue weighted by Crippen LogP contribution is 2.22. The summed E-state index contributed by atoms with van der Waals surface area (Å²) in [6.07, 6.45) is 0. The number of aromatic amines is 1. The summed E-state index contributed by atoms with van der Waals surface area (Å²) in [4.78, 5) is 41.4. The summed E-state index contributed by atoms with van der Waals surface area (Å²) < 4.78 is 1.30. The van der Waals surface area contributed by atoms with Gasteiger partial charge >= 0.3 is 5.69 Å². The average Bonchev–Trinajstić information content (AvgIpc) is 2.57. The van der Waals surface area contributed by atoms with Gasteiger partial charge in [0.2, 0.25) is 0 Å². The van der Waals surface area contributed by atoms with Crippen molar-refractivity contribution >= 4 is 29.0 Å². The van der Waals surface area contributed by atoms with Crippen molar-refractivity contribution in [3.63, 3.8) is 0 Å². The molecule has 1 aromatic carbocycles. The van der Waals surface area contributed by atoms with Crippen LogP contribution < -0.4 is 21.9 Å². The van der Waals surface area contributed by atoms with Gasteiger partial charge in [0.25, 0.3) is 11.5 Å². The second kappa shape index (κ2) is 8.43. The fourth-order valence-electron chi connectivity index (χ4n) is 2.77. The van der Waals surface area contributed by atoms with Gasteiger partial charge in [-0.2, -0.15) is 0 Å². The minimum Gasteiger partial charge on any atom is -0.383 e. The second-order valence-electron chi connectivity index (χ2n) is 7.31. The fraction of sp³-hybridized carbons (Fsp3) is 0.421. The Morgan fingerprint density at radius 2 is 1.74 bits per heavy atom. The summed E-state index contributed by atoms with van der Waals surface area (Å²) in [5.74, 6) is -0.187. The van der Waals surface area contributed by atoms with E-state index in [2.05, 4.69) is 4.98 Å². The van der Waals surface area contributed by atoms with Crippen LogP contribution >= 0.6 is 11.6 Å². The van der Waals surface area contributed by atoms with E-state index in [1.807, 2.05) is 27.7 Å². The Morgan fingerprint density at radius 1 is 1.15 bits per heavy atom. The number of aromatic nitrogens is 2. The smallest absolute Gasteiger partial charge is 0.330 e. The van der Waals surface area contributed by atoms with Crippen molar-refractivity contribution in [1.29, 1.82) is 0 Å². The topological polar surface area (TPSA) is 101 Å². The van der Waals surface area contributed by atoms with Crippen LogP contribution in [0.3, 0.4) is 0 Å². The van der Waals surface area contributed by atoms with Crippen LogP contribution in [0.15, 0.2) is 33.9 Å². The van der Waals surface area contributed by atoms with Gasteiger partial charge in [0.1, 0.15) is 5.82 Å². The average molecular weight is 393 g/mol. The van der Waals surface area contributed by atoms with Gasteiger partial charge in [0.05, 0.1) is 0 Å². The maximum Gasteiger partial charge on any atom is 0.330 e. The SMILES string of the molecule is CC(C)CN(C(=O)c1ccc(Cl)cc1)c1c(N)n(CC(C)C)c(=O)[nH]c1=O. The Bertz CT molecular complexity index is 929. The van der Waals surface area contributed by atoms with Gasteiger partial charge in [-0.25, -0.2) is 4.79 Å². The van der Waals surface area contributed by atoms with Crippen molar-refractivity contribution in [3.8, 4) is 0 Å². The van der Waals surface area contributed by atoms with Crippen molar-refractivity contribution < 1.29 is 4.79 Å². The molecule has 0 aliphatic heterocycles. The van der Waals surface area contributed by atoms with E-state index >= 15 is 0 Å². The maximum atomic E-state index is 13.1. The van der Waals surface area contributed by atoms with E-state index in [0.29, 0.717) is 17.1 Å². The number of amides is 1. The third-order valence-corrected chi connectivity index (χ3v) is 4.17. The number of nitrogens with two attached hydrogens (primary N) is 1. The molecule has 0 aliphatic carbocycles. The summed E-state index contributed by atoms with van der Waals surface area (Å²) in [5.41, 5.74) is 5.28. The number of nitrogen functional groups attached to an aromatic ring is 1. The lowest BCUT2D eigenvalue weighted by Gasteiger charge is -2.26. The molecule has 0 aliphatic rings. The molecular formula is C19H25ClN4O3. The molecule has 0 atom stereocenters. The number of rotatable bonds is 6. The lowest BCUT2D eigenvalue weighted by molar-refractivity contribution is 0.0983. The Kier molecular flexibility index (Phi) is 6.49. The summed E-state index contributed by atoms with van der Waals surface area (Å²) in [6.45, 7) is 8.32. The van der Waals surface area contributed by atoms with Gasteiger partial charge in [0, 0.05) is 23.7 Å². The predicted molar refractivity (Wildman–Crippen MR) is 109 cm³/mol. The number of hydrogen-bond acceptors (Lipinski definition) is 4. The second-order valence-corrected chi connectivity index (χ2v) is 7.75. The first-order valence-electron chi connectivity index (χ1n) is 8.81. The molecular weight excluding hydrogens is 368 g/mol. The van der Waals surface area contributed by atoms with Crippen LogP contribution in [-0.4, -0.2) is 22.0 Å². The molecule has 2 rings (SSSR count). The Balaban J connectivity index is 2.63. The van der Waals surface area contributed by atoms with E-state index in [9.17, 15) is 14.4 Å². The lowest BCUT2D eigenvalue weighted by Crippen LogP contribution is -2.43. The molecule has 0 saturated heterocycles. The van der Waals surface area contributed by atoms with E-state index in [0.717, 1.165) is 0 Å². The third-order valence-electron chi connectivity index (χ3n) is 3.92. The summed E-state index contributed by atoms with van der Waals surface area (Å²) in [6, 6.07) is 6.39. The highest BCUT2D eigenvalue weighted by Gasteiger charge is 2.26. The van der Waals surface area contributed by atoms with Crippen LogP contribution in [0.5, 0.6) is 0 Å². The van der Waals surface area contributed by atoms with Gasteiger partial charge in [-0.05, 0) is 36.1 Å². The van der Waals surface area contributed by atoms with Crippen LogP contribution in [0.1, 0.15) is 38.1 Å². The number of carbonyl (C=O) groups excluding carboxylic acids is 1. The van der Waals surface area contributed by atoms with Crippen LogP contribution in [-0.2, 0) is 6.54 Å². The number of carbonyl (C=O) groups is 1. The monoisotopic (exact) mass is 392 g/mol. The Morgan fingerprint density at radius 3 is 2.26 bits per heavy atom. The van der Waals surface area contributed by atoms with Gasteiger partial charge in [-0.3, -0.25) is 19.1 Å². The lowest BCUT2D eigenvalue weighted by atomic mass is 10.1. The van der Waals surface area contributed by atoms with Crippen LogP contribution in [0, 0.1) is 11.8 Å². The molecule has 1 aromatic heterocycles. The van der Waals surface area contributed by atoms with Gasteiger partial charge in [-0.15, -0.1) is 0 Å². The fourth-order valence-corrected chi connectivity index (χ4v) is 2.90. The number of nitrogens with one attached hydrogen (secondary N) is 1. The van der Waals surface area contributed by atoms with E-state index in [-0.39, 0.29) is 35.8 Å². The Labute approximate surface area is 162 Å². The first-order valence-corrected chi connectivity index (χ1v) is 9.19. The van der Waals surface area contributed by atoms with Crippen molar-refractivity contribution in [2.75, 3.05) is 17.2 Å². The minimum absolute atomic E-state index is 0.0103. The minimum atomic E-state index is -0.680. The quantitative estimate of drug-likeness (QED) is 0.789. The zero-order valence-electron chi connectivity index (χ0n) is 16.0. The highest BCUT2D eigenvalue weighted by atomic mass is 35.5. The van der Waals surface area contributed by atoms with E-state index in [4.69, 9.17) is 17.3 Å². The zero-order valence-corrected chi connectivity index (χ0v) is 16.7. The molecule has 1 heterocycles. The molecule has 1 amide bonds. The van der Waals surface area contributed by atoms with Crippen molar-refractivity contribution in [2.45, 2.75) is 34.2 Å². The van der Waals surface area contributed by atoms with Gasteiger partial charge in [0.15, 0.2) is 5.69 Å². The molecule has 0 fully saturated rings. The summed E-state index contributed by atoms with van der Waals surface area (Å²) in [7, 11) is 0. The third kappa shape index (κ3) is 4.80.